The summed E-state index contributed by atoms with van der Waals surface area (Å²) in [6.07, 6.45) is 3.63. The molecule has 0 rings (SSSR count). The molecule has 0 heterocycles. The fraction of sp³-hybridized carbons (Fsp3) is 0.571. The normalized spacial score (nSPS) is 9.00. The Bertz CT molecular complexity index is 99.1. The lowest BCUT2D eigenvalue weighted by molar-refractivity contribution is -0.107. The molecule has 0 bridgehead atoms. The molecule has 2 heteroatoms. The van der Waals surface area contributed by atoms with Crippen LogP contribution in [0.5, 0.6) is 0 Å². The molecule has 0 saturated heterocycles. The van der Waals surface area contributed by atoms with E-state index in [-0.39, 0.29) is 5.12 Å². The van der Waals surface area contributed by atoms with Crippen molar-refractivity contribution in [2.75, 3.05) is 5.75 Å². The van der Waals surface area contributed by atoms with Crippen molar-refractivity contribution in [1.29, 1.82) is 0 Å². The Morgan fingerprint density at radius 1 is 1.78 bits per heavy atom. The SMILES string of the molecule is C=CC(=O)SCCCC. The van der Waals surface area contributed by atoms with E-state index in [9.17, 15) is 4.79 Å². The monoisotopic (exact) mass is 144 g/mol. The highest BCUT2D eigenvalue weighted by atomic mass is 32.2. The Hall–Kier alpha value is -0.240. The Morgan fingerprint density at radius 2 is 2.44 bits per heavy atom. The Morgan fingerprint density at radius 3 is 2.89 bits per heavy atom. The predicted molar refractivity (Wildman–Crippen MR) is 42.6 cm³/mol. The Labute approximate surface area is 60.5 Å². The van der Waals surface area contributed by atoms with Gasteiger partial charge in [0.15, 0.2) is 0 Å². The molecule has 0 aliphatic carbocycles. The zero-order valence-corrected chi connectivity index (χ0v) is 6.54. The Balaban J connectivity index is 3.07. The third kappa shape index (κ3) is 5.63. The van der Waals surface area contributed by atoms with Crippen molar-refractivity contribution in [2.24, 2.45) is 0 Å². The predicted octanol–water partition coefficient (Wildman–Crippen LogP) is 2.23. The molecule has 0 fully saturated rings. The first-order valence-corrected chi connectivity index (χ1v) is 4.09. The number of hydrogen-bond acceptors (Lipinski definition) is 2. The lowest BCUT2D eigenvalue weighted by Gasteiger charge is -1.91. The highest BCUT2D eigenvalue weighted by molar-refractivity contribution is 8.14. The van der Waals surface area contributed by atoms with Crippen LogP contribution in [-0.4, -0.2) is 10.9 Å². The molecule has 0 aliphatic heterocycles. The van der Waals surface area contributed by atoms with Crippen molar-refractivity contribution < 1.29 is 4.79 Å². The van der Waals surface area contributed by atoms with Crippen LogP contribution in [-0.2, 0) is 4.79 Å². The van der Waals surface area contributed by atoms with Crippen molar-refractivity contribution in [2.45, 2.75) is 19.8 Å². The van der Waals surface area contributed by atoms with Crippen molar-refractivity contribution in [3.8, 4) is 0 Å². The average molecular weight is 144 g/mol. The maximum absolute atomic E-state index is 10.5. The lowest BCUT2D eigenvalue weighted by Crippen LogP contribution is -1.85. The first-order chi connectivity index (χ1) is 4.31. The highest BCUT2D eigenvalue weighted by Gasteiger charge is 1.92. The first-order valence-electron chi connectivity index (χ1n) is 3.10. The van der Waals surface area contributed by atoms with Crippen molar-refractivity contribution in [3.63, 3.8) is 0 Å². The van der Waals surface area contributed by atoms with Gasteiger partial charge in [-0.2, -0.15) is 0 Å². The lowest BCUT2D eigenvalue weighted by atomic mass is 10.4. The molecule has 9 heavy (non-hydrogen) atoms. The summed E-state index contributed by atoms with van der Waals surface area (Å²) in [5.74, 6) is 0.932. The molecular formula is C7H12OS. The highest BCUT2D eigenvalue weighted by Crippen LogP contribution is 2.05. The average Bonchev–Trinajstić information content (AvgIpc) is 1.89. The minimum absolute atomic E-state index is 0.0865. The standard InChI is InChI=1S/C7H12OS/c1-3-5-6-9-7(8)4-2/h4H,2-3,5-6H2,1H3. The number of thioether (sulfide) groups is 1. The summed E-state index contributed by atoms with van der Waals surface area (Å²) in [5, 5.41) is 0.0865. The molecule has 0 saturated carbocycles. The van der Waals surface area contributed by atoms with Crippen LogP contribution in [0.2, 0.25) is 0 Å². The summed E-state index contributed by atoms with van der Waals surface area (Å²) < 4.78 is 0. The van der Waals surface area contributed by atoms with E-state index in [0.29, 0.717) is 0 Å². The summed E-state index contributed by atoms with van der Waals surface area (Å²) in [7, 11) is 0. The van der Waals surface area contributed by atoms with Crippen LogP contribution in [0.15, 0.2) is 12.7 Å². The van der Waals surface area contributed by atoms with Crippen LogP contribution in [0, 0.1) is 0 Å². The minimum Gasteiger partial charge on any atom is -0.282 e. The van der Waals surface area contributed by atoms with Gasteiger partial charge in [-0.15, -0.1) is 0 Å². The fourth-order valence-corrected chi connectivity index (χ4v) is 1.13. The van der Waals surface area contributed by atoms with E-state index >= 15 is 0 Å². The van der Waals surface area contributed by atoms with Crippen molar-refractivity contribution >= 4 is 16.9 Å². The maximum Gasteiger partial charge on any atom is 0.211 e. The van der Waals surface area contributed by atoms with Crippen molar-refractivity contribution in [3.05, 3.63) is 12.7 Å². The van der Waals surface area contributed by atoms with Gasteiger partial charge in [-0.1, -0.05) is 31.7 Å². The molecule has 0 aromatic carbocycles. The van der Waals surface area contributed by atoms with Gasteiger partial charge in [0.05, 0.1) is 0 Å². The van der Waals surface area contributed by atoms with Gasteiger partial charge in [0.25, 0.3) is 0 Å². The second-order valence-electron chi connectivity index (χ2n) is 1.73. The molecule has 0 spiro atoms. The molecule has 0 aromatic rings. The molecule has 1 nitrogen and oxygen atoms in total. The summed E-state index contributed by atoms with van der Waals surface area (Å²) >= 11 is 1.34. The summed E-state index contributed by atoms with van der Waals surface area (Å²) in [6.45, 7) is 5.48. The van der Waals surface area contributed by atoms with E-state index in [1.54, 1.807) is 0 Å². The molecule has 0 unspecified atom stereocenters. The molecule has 0 aliphatic rings. The van der Waals surface area contributed by atoms with Gasteiger partial charge >= 0.3 is 0 Å². The van der Waals surface area contributed by atoms with Gasteiger partial charge in [-0.05, 0) is 12.5 Å². The minimum atomic E-state index is 0.0865. The topological polar surface area (TPSA) is 17.1 Å². The van der Waals surface area contributed by atoms with Crippen LogP contribution in [0.3, 0.4) is 0 Å². The summed E-state index contributed by atoms with van der Waals surface area (Å²) in [5.41, 5.74) is 0. The van der Waals surface area contributed by atoms with Gasteiger partial charge in [0.2, 0.25) is 5.12 Å². The number of hydrogen-bond donors (Lipinski definition) is 0. The smallest absolute Gasteiger partial charge is 0.211 e. The van der Waals surface area contributed by atoms with Gasteiger partial charge < -0.3 is 0 Å². The molecule has 52 valence electrons. The Kier molecular flexibility index (Phi) is 5.73. The van der Waals surface area contributed by atoms with Crippen LogP contribution in [0.1, 0.15) is 19.8 Å². The quantitative estimate of drug-likeness (QED) is 0.444. The van der Waals surface area contributed by atoms with Crippen molar-refractivity contribution in [1.82, 2.24) is 0 Å². The number of carbonyl (C=O) groups excluding carboxylic acids is 1. The van der Waals surface area contributed by atoms with Crippen LogP contribution in [0.25, 0.3) is 0 Å². The molecule has 0 N–H and O–H groups in total. The van der Waals surface area contributed by atoms with Crippen LogP contribution >= 0.6 is 11.8 Å². The van der Waals surface area contributed by atoms with Crippen LogP contribution in [0.4, 0.5) is 0 Å². The van der Waals surface area contributed by atoms with Gasteiger partial charge in [0, 0.05) is 5.75 Å². The van der Waals surface area contributed by atoms with E-state index in [0.717, 1.165) is 18.6 Å². The number of unbranched alkanes of at least 4 members (excludes halogenated alkanes) is 1. The van der Waals surface area contributed by atoms with E-state index in [4.69, 9.17) is 0 Å². The second-order valence-corrected chi connectivity index (χ2v) is 2.82. The zero-order chi connectivity index (χ0) is 7.11. The number of rotatable bonds is 4. The molecule has 0 amide bonds. The molecule has 0 radical (unpaired) electrons. The zero-order valence-electron chi connectivity index (χ0n) is 5.72. The largest absolute Gasteiger partial charge is 0.282 e. The second kappa shape index (κ2) is 5.89. The molecule has 0 aromatic heterocycles. The van der Waals surface area contributed by atoms with Crippen LogP contribution < -0.4 is 0 Å². The summed E-state index contributed by atoms with van der Waals surface area (Å²) in [6, 6.07) is 0. The van der Waals surface area contributed by atoms with E-state index in [1.165, 1.54) is 17.8 Å². The third-order valence-electron chi connectivity index (χ3n) is 0.909. The van der Waals surface area contributed by atoms with Gasteiger partial charge in [0.1, 0.15) is 0 Å². The fourth-order valence-electron chi connectivity index (χ4n) is 0.376. The van der Waals surface area contributed by atoms with E-state index in [2.05, 4.69) is 13.5 Å². The first kappa shape index (κ1) is 8.76. The molecular weight excluding hydrogens is 132 g/mol. The maximum atomic E-state index is 10.5. The van der Waals surface area contributed by atoms with E-state index in [1.807, 2.05) is 0 Å². The summed E-state index contributed by atoms with van der Waals surface area (Å²) in [4.78, 5) is 10.5. The van der Waals surface area contributed by atoms with E-state index < -0.39 is 0 Å². The third-order valence-corrected chi connectivity index (χ3v) is 1.85. The van der Waals surface area contributed by atoms with Gasteiger partial charge in [-0.25, -0.2) is 0 Å². The number of carbonyl (C=O) groups is 1. The molecule has 0 atom stereocenters. The van der Waals surface area contributed by atoms with Gasteiger partial charge in [-0.3, -0.25) is 4.79 Å².